The Hall–Kier alpha value is -1.76. The van der Waals surface area contributed by atoms with E-state index in [0.717, 1.165) is 19.3 Å². The smallest absolute Gasteiger partial charge is 0.313 e. The van der Waals surface area contributed by atoms with E-state index in [4.69, 9.17) is 0 Å². The third kappa shape index (κ3) is 4.62. The number of nitrogens with zero attached hydrogens (tertiary/aromatic N) is 1. The van der Waals surface area contributed by atoms with Crippen LogP contribution >= 0.6 is 11.8 Å². The van der Waals surface area contributed by atoms with E-state index in [1.165, 1.54) is 12.6 Å². The molecule has 1 aliphatic carbocycles. The summed E-state index contributed by atoms with van der Waals surface area (Å²) in [7, 11) is 1.76. The van der Waals surface area contributed by atoms with Crippen LogP contribution in [0.5, 0.6) is 0 Å². The van der Waals surface area contributed by atoms with Crippen molar-refractivity contribution in [1.82, 2.24) is 10.3 Å². The standard InChI is InChI=1S/C15H22N4O2S/c1-16-13-7-6-11(9-17-13)19-15(21)14(20)18-10-4-3-5-12(8-10)22-2/h6-7,9-10,12H,3-5,8H2,1-2H3,(H,16,17)(H,18,20)(H,19,21). The van der Waals surface area contributed by atoms with Gasteiger partial charge in [-0.25, -0.2) is 4.98 Å². The van der Waals surface area contributed by atoms with E-state index in [-0.39, 0.29) is 6.04 Å². The number of amides is 2. The van der Waals surface area contributed by atoms with Crippen molar-refractivity contribution in [1.29, 1.82) is 0 Å². The average molecular weight is 322 g/mol. The van der Waals surface area contributed by atoms with Crippen molar-refractivity contribution in [2.75, 3.05) is 23.9 Å². The normalized spacial score (nSPS) is 21.0. The molecule has 0 spiro atoms. The number of nitrogens with one attached hydrogen (secondary N) is 3. The molecule has 1 heterocycles. The predicted molar refractivity (Wildman–Crippen MR) is 90.1 cm³/mol. The minimum absolute atomic E-state index is 0.0919. The summed E-state index contributed by atoms with van der Waals surface area (Å²) in [5, 5.41) is 8.85. The number of pyridine rings is 1. The Morgan fingerprint density at radius 3 is 2.73 bits per heavy atom. The summed E-state index contributed by atoms with van der Waals surface area (Å²) in [6.45, 7) is 0. The topological polar surface area (TPSA) is 83.1 Å². The van der Waals surface area contributed by atoms with Gasteiger partial charge in [-0.05, 0) is 37.7 Å². The monoisotopic (exact) mass is 322 g/mol. The minimum atomic E-state index is -0.648. The second kappa shape index (κ2) is 8.03. The molecule has 1 saturated carbocycles. The summed E-state index contributed by atoms with van der Waals surface area (Å²) in [4.78, 5) is 28.0. The molecule has 2 amide bonds. The summed E-state index contributed by atoms with van der Waals surface area (Å²) in [6.07, 6.45) is 7.74. The first-order chi connectivity index (χ1) is 10.6. The Labute approximate surface area is 134 Å². The molecule has 0 bridgehead atoms. The van der Waals surface area contributed by atoms with E-state index in [0.29, 0.717) is 16.8 Å². The van der Waals surface area contributed by atoms with Crippen LogP contribution in [0.3, 0.4) is 0 Å². The number of hydrogen-bond acceptors (Lipinski definition) is 5. The zero-order chi connectivity index (χ0) is 15.9. The summed E-state index contributed by atoms with van der Waals surface area (Å²) < 4.78 is 0. The molecule has 6 nitrogen and oxygen atoms in total. The SMILES string of the molecule is CNc1ccc(NC(=O)C(=O)NC2CCCC(SC)C2)cn1. The molecule has 1 fully saturated rings. The van der Waals surface area contributed by atoms with Crippen LogP contribution in [0.15, 0.2) is 18.3 Å². The summed E-state index contributed by atoms with van der Waals surface area (Å²) in [6, 6.07) is 3.53. The molecule has 0 aromatic carbocycles. The Balaban J connectivity index is 1.84. The van der Waals surface area contributed by atoms with E-state index in [9.17, 15) is 9.59 Å². The van der Waals surface area contributed by atoms with Crippen molar-refractivity contribution in [3.05, 3.63) is 18.3 Å². The number of hydrogen-bond donors (Lipinski definition) is 3. The van der Waals surface area contributed by atoms with E-state index >= 15 is 0 Å². The number of aromatic nitrogens is 1. The van der Waals surface area contributed by atoms with Gasteiger partial charge in [-0.15, -0.1) is 0 Å². The number of carbonyl (C=O) groups excluding carboxylic acids is 2. The quantitative estimate of drug-likeness (QED) is 0.737. The first-order valence-corrected chi connectivity index (χ1v) is 8.69. The molecule has 0 aliphatic heterocycles. The van der Waals surface area contributed by atoms with Crippen LogP contribution in [0.1, 0.15) is 25.7 Å². The van der Waals surface area contributed by atoms with Crippen LogP contribution in [0.2, 0.25) is 0 Å². The lowest BCUT2D eigenvalue weighted by Gasteiger charge is -2.28. The number of carbonyl (C=O) groups is 2. The van der Waals surface area contributed by atoms with Crippen LogP contribution in [0.4, 0.5) is 11.5 Å². The molecule has 7 heteroatoms. The Kier molecular flexibility index (Phi) is 6.06. The molecular weight excluding hydrogens is 300 g/mol. The van der Waals surface area contributed by atoms with Crippen molar-refractivity contribution < 1.29 is 9.59 Å². The maximum Gasteiger partial charge on any atom is 0.313 e. The van der Waals surface area contributed by atoms with Gasteiger partial charge in [0.25, 0.3) is 0 Å². The Morgan fingerprint density at radius 2 is 2.09 bits per heavy atom. The van der Waals surface area contributed by atoms with Gasteiger partial charge >= 0.3 is 11.8 Å². The van der Waals surface area contributed by atoms with Crippen molar-refractivity contribution in [2.45, 2.75) is 37.0 Å². The first kappa shape index (κ1) is 16.6. The number of anilines is 2. The predicted octanol–water partition coefficient (Wildman–Crippen LogP) is 1.85. The van der Waals surface area contributed by atoms with Crippen LogP contribution in [-0.2, 0) is 9.59 Å². The van der Waals surface area contributed by atoms with Crippen LogP contribution in [0, 0.1) is 0 Å². The van der Waals surface area contributed by atoms with Gasteiger partial charge in [-0.3, -0.25) is 9.59 Å². The first-order valence-electron chi connectivity index (χ1n) is 7.41. The maximum atomic E-state index is 12.0. The van der Waals surface area contributed by atoms with Gasteiger partial charge in [-0.2, -0.15) is 11.8 Å². The highest BCUT2D eigenvalue weighted by Gasteiger charge is 2.24. The molecule has 120 valence electrons. The zero-order valence-electron chi connectivity index (χ0n) is 12.9. The van der Waals surface area contributed by atoms with Crippen molar-refractivity contribution >= 4 is 35.1 Å². The molecule has 1 aromatic heterocycles. The lowest BCUT2D eigenvalue weighted by atomic mass is 9.95. The molecule has 22 heavy (non-hydrogen) atoms. The van der Waals surface area contributed by atoms with Gasteiger partial charge in [0.05, 0.1) is 11.9 Å². The number of thioether (sulfide) groups is 1. The highest BCUT2D eigenvalue weighted by Crippen LogP contribution is 2.26. The number of rotatable bonds is 4. The van der Waals surface area contributed by atoms with Gasteiger partial charge in [0.2, 0.25) is 0 Å². The van der Waals surface area contributed by atoms with E-state index in [1.54, 1.807) is 19.2 Å². The van der Waals surface area contributed by atoms with Crippen molar-refractivity contribution in [2.24, 2.45) is 0 Å². The summed E-state index contributed by atoms with van der Waals surface area (Å²) in [5.74, 6) is -0.525. The highest BCUT2D eigenvalue weighted by molar-refractivity contribution is 7.99. The van der Waals surface area contributed by atoms with Gasteiger partial charge in [-0.1, -0.05) is 6.42 Å². The fraction of sp³-hybridized carbons (Fsp3) is 0.533. The molecule has 2 rings (SSSR count). The molecule has 1 aliphatic rings. The van der Waals surface area contributed by atoms with Crippen LogP contribution in [-0.4, -0.2) is 41.4 Å². The molecule has 0 radical (unpaired) electrons. The highest BCUT2D eigenvalue weighted by atomic mass is 32.2. The van der Waals surface area contributed by atoms with E-state index in [1.807, 2.05) is 11.8 Å². The van der Waals surface area contributed by atoms with Crippen molar-refractivity contribution in [3.63, 3.8) is 0 Å². The molecule has 2 unspecified atom stereocenters. The second-order valence-corrected chi connectivity index (χ2v) is 6.47. The third-order valence-corrected chi connectivity index (χ3v) is 4.87. The average Bonchev–Trinajstić information content (AvgIpc) is 2.55. The Bertz CT molecular complexity index is 521. The van der Waals surface area contributed by atoms with Gasteiger partial charge in [0.15, 0.2) is 0 Å². The molecule has 2 atom stereocenters. The van der Waals surface area contributed by atoms with Crippen molar-refractivity contribution in [3.8, 4) is 0 Å². The lowest BCUT2D eigenvalue weighted by molar-refractivity contribution is -0.136. The second-order valence-electron chi connectivity index (χ2n) is 5.33. The van der Waals surface area contributed by atoms with Gasteiger partial charge < -0.3 is 16.0 Å². The lowest BCUT2D eigenvalue weighted by Crippen LogP contribution is -2.44. The summed E-state index contributed by atoms with van der Waals surface area (Å²) >= 11 is 1.83. The van der Waals surface area contributed by atoms with E-state index in [2.05, 4.69) is 27.2 Å². The van der Waals surface area contributed by atoms with E-state index < -0.39 is 11.8 Å². The zero-order valence-corrected chi connectivity index (χ0v) is 13.7. The Morgan fingerprint density at radius 1 is 1.27 bits per heavy atom. The molecule has 3 N–H and O–H groups in total. The van der Waals surface area contributed by atoms with Gasteiger partial charge in [0, 0.05) is 18.3 Å². The van der Waals surface area contributed by atoms with Crippen LogP contribution in [0.25, 0.3) is 0 Å². The molecular formula is C15H22N4O2S. The van der Waals surface area contributed by atoms with Crippen LogP contribution < -0.4 is 16.0 Å². The van der Waals surface area contributed by atoms with Gasteiger partial charge in [0.1, 0.15) is 5.82 Å². The summed E-state index contributed by atoms with van der Waals surface area (Å²) in [5.41, 5.74) is 0.504. The fourth-order valence-corrected chi connectivity index (χ4v) is 3.37. The third-order valence-electron chi connectivity index (χ3n) is 3.78. The fourth-order valence-electron chi connectivity index (χ4n) is 2.54. The maximum absolute atomic E-state index is 12.0. The minimum Gasteiger partial charge on any atom is -0.373 e. The largest absolute Gasteiger partial charge is 0.373 e. The molecule has 0 saturated heterocycles. The molecule has 1 aromatic rings.